The van der Waals surface area contributed by atoms with Gasteiger partial charge in [0, 0.05) is 7.92 Å². The molecule has 1 fully saturated rings. The van der Waals surface area contributed by atoms with Crippen LogP contribution in [0, 0.1) is 6.90 Å². The van der Waals surface area contributed by atoms with Gasteiger partial charge in [0.25, 0.3) is 0 Å². The summed E-state index contributed by atoms with van der Waals surface area (Å²) < 4.78 is 12.0. The molecule has 2 rings (SSSR count). The molecule has 0 bridgehead atoms. The van der Waals surface area contributed by atoms with Crippen LogP contribution >= 0.6 is 0 Å². The van der Waals surface area contributed by atoms with Gasteiger partial charge in [-0.15, -0.1) is 0 Å². The van der Waals surface area contributed by atoms with Gasteiger partial charge in [-0.1, -0.05) is 5.16 Å². The van der Waals surface area contributed by atoms with E-state index in [1.165, 1.54) is 0 Å². The fourth-order valence-electron chi connectivity index (χ4n) is 1.30. The first-order valence-electron chi connectivity index (χ1n) is 4.43. The van der Waals surface area contributed by atoms with Crippen molar-refractivity contribution in [1.29, 1.82) is 0 Å². The number of aromatic nitrogens is 2. The second-order valence-corrected chi connectivity index (χ2v) is 2.74. The molecule has 0 spiro atoms. The summed E-state index contributed by atoms with van der Waals surface area (Å²) in [7, 11) is 0. The minimum absolute atomic E-state index is 0.101. The van der Waals surface area contributed by atoms with E-state index in [2.05, 4.69) is 15.5 Å². The van der Waals surface area contributed by atoms with Crippen molar-refractivity contribution in [3.8, 4) is 0 Å². The molecule has 1 aliphatic heterocycles. The van der Waals surface area contributed by atoms with Crippen LogP contribution < -0.4 is 5.32 Å². The van der Waals surface area contributed by atoms with Gasteiger partial charge in [-0.2, -0.15) is 4.98 Å². The smallest absolute Gasteiger partial charge is 0.231 e. The predicted octanol–water partition coefficient (Wildman–Crippen LogP) is 0.455. The van der Waals surface area contributed by atoms with Crippen molar-refractivity contribution < 1.29 is 5.89 Å². The molecule has 0 saturated carbocycles. The molecule has 0 amide bonds. The molecule has 0 aromatic carbocycles. The lowest BCUT2D eigenvalue weighted by Gasteiger charge is -1.97. The van der Waals surface area contributed by atoms with Gasteiger partial charge in [-0.3, -0.25) is 0 Å². The van der Waals surface area contributed by atoms with Crippen LogP contribution in [0.1, 0.15) is 25.4 Å². The summed E-state index contributed by atoms with van der Waals surface area (Å²) in [5, 5.41) is 6.90. The number of nitrogens with one attached hydrogen (secondary N) is 1. The molecule has 0 aliphatic carbocycles. The standard InChI is InChI=1S/C7H11N3O/c1-5-9-7(11-10-5)6-2-3-8-4-6/h6,8H,2-4H2,1H3/t6-/m0/s1/i1D. The number of hydrogen-bond donors (Lipinski definition) is 1. The highest BCUT2D eigenvalue weighted by Crippen LogP contribution is 2.19. The highest BCUT2D eigenvalue weighted by molar-refractivity contribution is 4.96. The minimum Gasteiger partial charge on any atom is -0.339 e. The molecule has 60 valence electrons. The maximum Gasteiger partial charge on any atom is 0.231 e. The normalized spacial score (nSPS) is 25.5. The first kappa shape index (κ1) is 5.71. The molecule has 1 aliphatic rings. The SMILES string of the molecule is [2H]Cc1noc([C@H]2CCNC2)n1. The third kappa shape index (κ3) is 1.26. The fraction of sp³-hybridized carbons (Fsp3) is 0.714. The summed E-state index contributed by atoms with van der Waals surface area (Å²) in [6.07, 6.45) is 1.06. The Morgan fingerprint density at radius 2 is 2.82 bits per heavy atom. The summed E-state index contributed by atoms with van der Waals surface area (Å²) in [6.45, 7) is 2.03. The summed E-state index contributed by atoms with van der Waals surface area (Å²) in [5.41, 5.74) is 0. The Hall–Kier alpha value is -0.900. The number of nitrogens with zero attached hydrogens (tertiary/aromatic N) is 2. The molecule has 4 nitrogen and oxygen atoms in total. The lowest BCUT2D eigenvalue weighted by Crippen LogP contribution is -2.08. The zero-order chi connectivity index (χ0) is 8.39. The third-order valence-corrected chi connectivity index (χ3v) is 1.89. The number of rotatable bonds is 1. The van der Waals surface area contributed by atoms with Gasteiger partial charge in [0.2, 0.25) is 5.89 Å². The van der Waals surface area contributed by atoms with E-state index in [1.54, 1.807) is 0 Å². The molecule has 2 heterocycles. The van der Waals surface area contributed by atoms with Crippen molar-refractivity contribution in [2.45, 2.75) is 19.2 Å². The number of aryl methyl sites for hydroxylation is 1. The van der Waals surface area contributed by atoms with Crippen LogP contribution in [0.25, 0.3) is 0 Å². The van der Waals surface area contributed by atoms with Gasteiger partial charge in [-0.05, 0) is 19.9 Å². The van der Waals surface area contributed by atoms with E-state index in [9.17, 15) is 0 Å². The molecule has 1 N–H and O–H groups in total. The van der Waals surface area contributed by atoms with E-state index in [-0.39, 0.29) is 6.90 Å². The van der Waals surface area contributed by atoms with Gasteiger partial charge in [0.15, 0.2) is 5.82 Å². The lowest BCUT2D eigenvalue weighted by atomic mass is 10.1. The van der Waals surface area contributed by atoms with Crippen LogP contribution in [-0.2, 0) is 0 Å². The van der Waals surface area contributed by atoms with E-state index in [0.717, 1.165) is 19.5 Å². The molecule has 0 unspecified atom stereocenters. The highest BCUT2D eigenvalue weighted by Gasteiger charge is 2.21. The van der Waals surface area contributed by atoms with Crippen LogP contribution in [0.4, 0.5) is 0 Å². The number of hydrogen-bond acceptors (Lipinski definition) is 4. The molecular formula is C7H11N3O. The van der Waals surface area contributed by atoms with Crippen molar-refractivity contribution >= 4 is 0 Å². The molecule has 1 aromatic heterocycles. The Morgan fingerprint density at radius 1 is 1.82 bits per heavy atom. The van der Waals surface area contributed by atoms with Gasteiger partial charge < -0.3 is 9.84 Å². The van der Waals surface area contributed by atoms with Gasteiger partial charge in [0.1, 0.15) is 0 Å². The monoisotopic (exact) mass is 154 g/mol. The Kier molecular flexibility index (Phi) is 1.36. The lowest BCUT2D eigenvalue weighted by molar-refractivity contribution is 0.356. The summed E-state index contributed by atoms with van der Waals surface area (Å²) >= 11 is 0. The molecule has 11 heavy (non-hydrogen) atoms. The van der Waals surface area contributed by atoms with E-state index < -0.39 is 0 Å². The summed E-state index contributed by atoms with van der Waals surface area (Å²) in [4.78, 5) is 4.11. The summed E-state index contributed by atoms with van der Waals surface area (Å²) in [6, 6.07) is 0. The highest BCUT2D eigenvalue weighted by atomic mass is 16.5. The van der Waals surface area contributed by atoms with Crippen LogP contribution in [0.2, 0.25) is 0 Å². The van der Waals surface area contributed by atoms with Crippen LogP contribution in [0.3, 0.4) is 0 Å². The third-order valence-electron chi connectivity index (χ3n) is 1.89. The Bertz CT molecular complexity index is 257. The minimum atomic E-state index is 0.101. The predicted molar refractivity (Wildman–Crippen MR) is 39.3 cm³/mol. The average Bonchev–Trinajstić information content (AvgIpc) is 2.75. The Labute approximate surface area is 66.4 Å². The molecule has 4 heteroatoms. The topological polar surface area (TPSA) is 51.0 Å². The largest absolute Gasteiger partial charge is 0.339 e. The van der Waals surface area contributed by atoms with Gasteiger partial charge in [0.05, 0.1) is 5.92 Å². The van der Waals surface area contributed by atoms with Crippen LogP contribution in [0.15, 0.2) is 4.52 Å². The van der Waals surface area contributed by atoms with Crippen molar-refractivity contribution in [3.63, 3.8) is 0 Å². The average molecular weight is 154 g/mol. The van der Waals surface area contributed by atoms with E-state index >= 15 is 0 Å². The first-order chi connectivity index (χ1) is 5.90. The zero-order valence-corrected chi connectivity index (χ0v) is 6.21. The molecule has 1 saturated heterocycles. The second kappa shape index (κ2) is 2.62. The zero-order valence-electron chi connectivity index (χ0n) is 7.21. The maximum atomic E-state index is 7.03. The van der Waals surface area contributed by atoms with Gasteiger partial charge >= 0.3 is 0 Å². The van der Waals surface area contributed by atoms with Gasteiger partial charge in [-0.25, -0.2) is 0 Å². The Morgan fingerprint density at radius 3 is 3.45 bits per heavy atom. The first-order valence-corrected chi connectivity index (χ1v) is 3.72. The van der Waals surface area contributed by atoms with Crippen molar-refractivity contribution in [3.05, 3.63) is 11.7 Å². The van der Waals surface area contributed by atoms with E-state index in [0.29, 0.717) is 17.6 Å². The molecular weight excluding hydrogens is 142 g/mol. The van der Waals surface area contributed by atoms with Crippen LogP contribution in [0.5, 0.6) is 0 Å². The fourth-order valence-corrected chi connectivity index (χ4v) is 1.30. The summed E-state index contributed by atoms with van der Waals surface area (Å²) in [5.74, 6) is 1.52. The maximum absolute atomic E-state index is 7.03. The Balaban J connectivity index is 2.11. The van der Waals surface area contributed by atoms with E-state index in [1.807, 2.05) is 0 Å². The quantitative estimate of drug-likeness (QED) is 0.638. The molecule has 1 atom stereocenters. The van der Waals surface area contributed by atoms with Crippen molar-refractivity contribution in [2.24, 2.45) is 0 Å². The molecule has 0 radical (unpaired) electrons. The second-order valence-electron chi connectivity index (χ2n) is 2.74. The van der Waals surface area contributed by atoms with Crippen molar-refractivity contribution in [2.75, 3.05) is 13.1 Å². The van der Waals surface area contributed by atoms with Crippen molar-refractivity contribution in [1.82, 2.24) is 15.5 Å². The van der Waals surface area contributed by atoms with E-state index in [4.69, 9.17) is 5.89 Å². The van der Waals surface area contributed by atoms with Crippen LogP contribution in [-0.4, -0.2) is 23.2 Å². The molecule has 1 aromatic rings.